The lowest BCUT2D eigenvalue weighted by atomic mass is 10.1. The lowest BCUT2D eigenvalue weighted by Crippen LogP contribution is -2.37. The molecule has 32 heavy (non-hydrogen) atoms. The number of benzene rings is 3. The summed E-state index contributed by atoms with van der Waals surface area (Å²) in [6.07, 6.45) is 0. The van der Waals surface area contributed by atoms with Gasteiger partial charge in [0, 0.05) is 16.6 Å². The summed E-state index contributed by atoms with van der Waals surface area (Å²) in [6, 6.07) is 19.5. The fraction of sp³-hybridized carbons (Fsp3) is 0.160. The molecule has 0 bridgehead atoms. The van der Waals surface area contributed by atoms with Crippen molar-refractivity contribution in [1.29, 1.82) is 0 Å². The predicted octanol–water partition coefficient (Wildman–Crippen LogP) is 5.51. The van der Waals surface area contributed by atoms with Gasteiger partial charge >= 0.3 is 0 Å². The Balaban J connectivity index is 1.88. The zero-order chi connectivity index (χ0) is 22.8. The molecule has 162 valence electrons. The quantitative estimate of drug-likeness (QED) is 0.368. The Bertz CT molecular complexity index is 1330. The molecule has 1 unspecified atom stereocenters. The summed E-state index contributed by atoms with van der Waals surface area (Å²) in [5.41, 5.74) is 1.39. The first-order valence-electron chi connectivity index (χ1n) is 10.2. The lowest BCUT2D eigenvalue weighted by Gasteiger charge is -2.29. The molecule has 0 radical (unpaired) electrons. The normalized spacial score (nSPS) is 12.0. The van der Waals surface area contributed by atoms with Crippen LogP contribution in [-0.4, -0.2) is 26.9 Å². The number of carbonyl (C=O) groups excluding carboxylic acids is 1. The van der Waals surface area contributed by atoms with Crippen molar-refractivity contribution in [3.8, 4) is 5.69 Å². The Kier molecular flexibility index (Phi) is 6.19. The molecule has 4 aromatic rings. The number of rotatable bonds is 5. The van der Waals surface area contributed by atoms with E-state index in [1.54, 1.807) is 27.7 Å². The van der Waals surface area contributed by atoms with Crippen molar-refractivity contribution in [2.75, 3.05) is 6.54 Å². The molecule has 0 saturated carbocycles. The molecule has 0 aliphatic carbocycles. The maximum absolute atomic E-state index is 13.5. The van der Waals surface area contributed by atoms with Gasteiger partial charge < -0.3 is 4.90 Å². The minimum Gasteiger partial charge on any atom is -0.329 e. The topological polar surface area (TPSA) is 55.2 Å². The van der Waals surface area contributed by atoms with E-state index >= 15 is 0 Å². The van der Waals surface area contributed by atoms with E-state index in [1.165, 1.54) is 24.3 Å². The van der Waals surface area contributed by atoms with Crippen LogP contribution in [0.5, 0.6) is 0 Å². The van der Waals surface area contributed by atoms with E-state index in [-0.39, 0.29) is 11.5 Å². The highest BCUT2D eigenvalue weighted by atomic mass is 79.9. The number of amides is 1. The number of aromatic nitrogens is 2. The van der Waals surface area contributed by atoms with E-state index in [2.05, 4.69) is 15.9 Å². The van der Waals surface area contributed by atoms with Crippen molar-refractivity contribution in [1.82, 2.24) is 14.5 Å². The fourth-order valence-corrected chi connectivity index (χ4v) is 4.03. The van der Waals surface area contributed by atoms with Crippen LogP contribution in [0, 0.1) is 5.82 Å². The van der Waals surface area contributed by atoms with E-state index in [9.17, 15) is 14.0 Å². The Morgan fingerprint density at radius 1 is 1.06 bits per heavy atom. The summed E-state index contributed by atoms with van der Waals surface area (Å²) in [5.74, 6) is -0.212. The smallest absolute Gasteiger partial charge is 0.266 e. The first-order chi connectivity index (χ1) is 15.4. The summed E-state index contributed by atoms with van der Waals surface area (Å²) in [6.45, 7) is 4.10. The van der Waals surface area contributed by atoms with Crippen molar-refractivity contribution in [3.05, 3.63) is 105 Å². The molecular formula is C25H21BrFN3O2. The van der Waals surface area contributed by atoms with Crippen LogP contribution < -0.4 is 5.56 Å². The Labute approximate surface area is 193 Å². The highest BCUT2D eigenvalue weighted by Gasteiger charge is 2.26. The Hall–Kier alpha value is -3.32. The molecule has 0 aliphatic rings. The van der Waals surface area contributed by atoms with Crippen LogP contribution in [0.15, 0.2) is 82.1 Å². The van der Waals surface area contributed by atoms with Gasteiger partial charge in [0.1, 0.15) is 11.6 Å². The van der Waals surface area contributed by atoms with Crippen LogP contribution in [0.3, 0.4) is 0 Å². The molecule has 0 fully saturated rings. The van der Waals surface area contributed by atoms with Gasteiger partial charge in [0.15, 0.2) is 0 Å². The maximum Gasteiger partial charge on any atom is 0.266 e. The maximum atomic E-state index is 13.5. The Morgan fingerprint density at radius 3 is 2.38 bits per heavy atom. The number of hydrogen-bond donors (Lipinski definition) is 0. The first-order valence-corrected chi connectivity index (χ1v) is 11.0. The minimum atomic E-state index is -0.515. The summed E-state index contributed by atoms with van der Waals surface area (Å²) < 4.78 is 15.8. The van der Waals surface area contributed by atoms with Crippen molar-refractivity contribution < 1.29 is 9.18 Å². The van der Waals surface area contributed by atoms with Gasteiger partial charge in [0.2, 0.25) is 0 Å². The van der Waals surface area contributed by atoms with Gasteiger partial charge in [-0.15, -0.1) is 0 Å². The molecule has 0 saturated heterocycles. The van der Waals surface area contributed by atoms with Crippen molar-refractivity contribution >= 4 is 32.7 Å². The van der Waals surface area contributed by atoms with E-state index in [4.69, 9.17) is 4.98 Å². The average molecular weight is 494 g/mol. The zero-order valence-corrected chi connectivity index (χ0v) is 19.2. The summed E-state index contributed by atoms with van der Waals surface area (Å²) in [4.78, 5) is 33.1. The summed E-state index contributed by atoms with van der Waals surface area (Å²) >= 11 is 3.43. The standard InChI is InChI=1S/C25H21BrFN3O2/c1-3-29(24(31)17-8-12-19(27)13-9-17)16(2)23-28-22-7-5-4-6-21(22)25(32)30(23)20-14-10-18(26)11-15-20/h4-16H,3H2,1-2H3. The number of halogens is 2. The van der Waals surface area contributed by atoms with Crippen LogP contribution in [0.1, 0.15) is 36.1 Å². The molecule has 0 N–H and O–H groups in total. The molecular weight excluding hydrogens is 473 g/mol. The van der Waals surface area contributed by atoms with E-state index < -0.39 is 11.9 Å². The number of fused-ring (bicyclic) bond motifs is 1. The molecule has 3 aromatic carbocycles. The first kappa shape index (κ1) is 21.9. The number of nitrogens with zero attached hydrogens (tertiary/aromatic N) is 3. The second kappa shape index (κ2) is 9.04. The van der Waals surface area contributed by atoms with Gasteiger partial charge in [-0.1, -0.05) is 28.1 Å². The fourth-order valence-electron chi connectivity index (χ4n) is 3.76. The minimum absolute atomic E-state index is 0.204. The van der Waals surface area contributed by atoms with Gasteiger partial charge in [-0.3, -0.25) is 14.2 Å². The molecule has 0 aliphatic heterocycles. The van der Waals surface area contributed by atoms with Crippen molar-refractivity contribution in [3.63, 3.8) is 0 Å². The monoisotopic (exact) mass is 493 g/mol. The average Bonchev–Trinajstić information content (AvgIpc) is 2.80. The van der Waals surface area contributed by atoms with Crippen molar-refractivity contribution in [2.45, 2.75) is 19.9 Å². The van der Waals surface area contributed by atoms with Crippen molar-refractivity contribution in [2.24, 2.45) is 0 Å². The third-order valence-electron chi connectivity index (χ3n) is 5.42. The SMILES string of the molecule is CCN(C(=O)c1ccc(F)cc1)C(C)c1nc2ccccc2c(=O)n1-c1ccc(Br)cc1. The van der Waals surface area contributed by atoms with Crippen LogP contribution in [-0.2, 0) is 0 Å². The molecule has 1 heterocycles. The molecule has 5 nitrogen and oxygen atoms in total. The molecule has 1 amide bonds. The third kappa shape index (κ3) is 4.08. The van der Waals surface area contributed by atoms with E-state index in [0.29, 0.717) is 34.5 Å². The van der Waals surface area contributed by atoms with Gasteiger partial charge in [-0.2, -0.15) is 0 Å². The largest absolute Gasteiger partial charge is 0.329 e. The number of hydrogen-bond acceptors (Lipinski definition) is 3. The van der Waals surface area contributed by atoms with Crippen LogP contribution >= 0.6 is 15.9 Å². The number of carbonyl (C=O) groups is 1. The molecule has 4 rings (SSSR count). The second-order valence-electron chi connectivity index (χ2n) is 7.38. The number of para-hydroxylation sites is 1. The summed E-state index contributed by atoms with van der Waals surface area (Å²) in [7, 11) is 0. The highest BCUT2D eigenvalue weighted by molar-refractivity contribution is 9.10. The van der Waals surface area contributed by atoms with Gasteiger partial charge in [0.25, 0.3) is 11.5 Å². The highest BCUT2D eigenvalue weighted by Crippen LogP contribution is 2.25. The van der Waals surface area contributed by atoms with Gasteiger partial charge in [-0.05, 0) is 74.5 Å². The Morgan fingerprint density at radius 2 is 1.72 bits per heavy atom. The van der Waals surface area contributed by atoms with Crippen LogP contribution in [0.4, 0.5) is 4.39 Å². The summed E-state index contributed by atoms with van der Waals surface area (Å²) in [5, 5.41) is 0.499. The molecule has 7 heteroatoms. The zero-order valence-electron chi connectivity index (χ0n) is 17.6. The molecule has 0 spiro atoms. The van der Waals surface area contributed by atoms with Crippen LogP contribution in [0.2, 0.25) is 0 Å². The molecule has 1 aromatic heterocycles. The third-order valence-corrected chi connectivity index (χ3v) is 5.95. The van der Waals surface area contributed by atoms with E-state index in [0.717, 1.165) is 4.47 Å². The van der Waals surface area contributed by atoms with Crippen LogP contribution in [0.25, 0.3) is 16.6 Å². The molecule has 1 atom stereocenters. The predicted molar refractivity (Wildman–Crippen MR) is 127 cm³/mol. The lowest BCUT2D eigenvalue weighted by molar-refractivity contribution is 0.0693. The second-order valence-corrected chi connectivity index (χ2v) is 8.29. The van der Waals surface area contributed by atoms with Gasteiger partial charge in [-0.25, -0.2) is 9.37 Å². The van der Waals surface area contributed by atoms with Gasteiger partial charge in [0.05, 0.1) is 22.6 Å². The van der Waals surface area contributed by atoms with E-state index in [1.807, 2.05) is 44.2 Å².